The fourth-order valence-electron chi connectivity index (χ4n) is 2.37. The summed E-state index contributed by atoms with van der Waals surface area (Å²) in [6, 6.07) is 5.46. The molecule has 1 heterocycles. The van der Waals surface area contributed by atoms with E-state index in [4.69, 9.17) is 4.42 Å². The SMILES string of the molecule is Cc1ccc(NS(=O)(=O)c2c(C)oc(C)c2CO)c(C)c1. The van der Waals surface area contributed by atoms with E-state index in [0.29, 0.717) is 17.0 Å². The first-order valence-electron chi connectivity index (χ1n) is 6.56. The highest BCUT2D eigenvalue weighted by molar-refractivity contribution is 7.92. The van der Waals surface area contributed by atoms with Crippen molar-refractivity contribution in [2.75, 3.05) is 4.72 Å². The van der Waals surface area contributed by atoms with Gasteiger partial charge in [0.2, 0.25) is 0 Å². The second-order valence-electron chi connectivity index (χ2n) is 5.10. The molecule has 114 valence electrons. The van der Waals surface area contributed by atoms with Crippen LogP contribution in [0.5, 0.6) is 0 Å². The molecule has 2 N–H and O–H groups in total. The van der Waals surface area contributed by atoms with Crippen LogP contribution in [0, 0.1) is 27.7 Å². The van der Waals surface area contributed by atoms with Gasteiger partial charge < -0.3 is 9.52 Å². The number of aryl methyl sites for hydroxylation is 4. The highest BCUT2D eigenvalue weighted by atomic mass is 32.2. The Balaban J connectivity index is 2.48. The smallest absolute Gasteiger partial charge is 0.265 e. The molecule has 0 saturated heterocycles. The van der Waals surface area contributed by atoms with Gasteiger partial charge >= 0.3 is 0 Å². The fraction of sp³-hybridized carbons (Fsp3) is 0.333. The lowest BCUT2D eigenvalue weighted by molar-refractivity contribution is 0.276. The zero-order valence-electron chi connectivity index (χ0n) is 12.5. The molecule has 0 unspecified atom stereocenters. The Morgan fingerprint density at radius 3 is 2.38 bits per heavy atom. The van der Waals surface area contributed by atoms with E-state index in [0.717, 1.165) is 11.1 Å². The first kappa shape index (κ1) is 15.6. The molecule has 0 fully saturated rings. The summed E-state index contributed by atoms with van der Waals surface area (Å²) >= 11 is 0. The minimum Gasteiger partial charge on any atom is -0.465 e. The van der Waals surface area contributed by atoms with Gasteiger partial charge in [-0.3, -0.25) is 4.72 Å². The molecule has 0 amide bonds. The van der Waals surface area contributed by atoms with Gasteiger partial charge in [0.1, 0.15) is 16.4 Å². The molecular weight excluding hydrogens is 290 g/mol. The topological polar surface area (TPSA) is 79.5 Å². The van der Waals surface area contributed by atoms with Crippen LogP contribution in [-0.2, 0) is 16.6 Å². The minimum absolute atomic E-state index is 0.0162. The summed E-state index contributed by atoms with van der Waals surface area (Å²) in [4.78, 5) is 0.0162. The number of furan rings is 1. The van der Waals surface area contributed by atoms with Gasteiger partial charge in [-0.25, -0.2) is 8.42 Å². The monoisotopic (exact) mass is 309 g/mol. The quantitative estimate of drug-likeness (QED) is 0.910. The van der Waals surface area contributed by atoms with E-state index in [2.05, 4.69) is 4.72 Å². The third-order valence-corrected chi connectivity index (χ3v) is 4.94. The number of hydrogen-bond acceptors (Lipinski definition) is 4. The number of rotatable bonds is 4. The maximum atomic E-state index is 12.6. The number of nitrogens with one attached hydrogen (secondary N) is 1. The molecule has 6 heteroatoms. The molecule has 0 saturated carbocycles. The molecule has 0 atom stereocenters. The molecule has 0 spiro atoms. The fourth-order valence-corrected chi connectivity index (χ4v) is 3.94. The van der Waals surface area contributed by atoms with E-state index in [9.17, 15) is 13.5 Å². The molecule has 2 rings (SSSR count). The molecule has 1 aromatic heterocycles. The van der Waals surface area contributed by atoms with Crippen LogP contribution in [0.3, 0.4) is 0 Å². The number of hydrogen-bond donors (Lipinski definition) is 2. The summed E-state index contributed by atoms with van der Waals surface area (Å²) in [5.41, 5.74) is 2.70. The molecule has 0 aliphatic carbocycles. The summed E-state index contributed by atoms with van der Waals surface area (Å²) in [5, 5.41) is 9.38. The second-order valence-corrected chi connectivity index (χ2v) is 6.72. The average Bonchev–Trinajstić information content (AvgIpc) is 2.67. The van der Waals surface area contributed by atoms with Crippen molar-refractivity contribution >= 4 is 15.7 Å². The zero-order valence-corrected chi connectivity index (χ0v) is 13.3. The Morgan fingerprint density at radius 1 is 1.14 bits per heavy atom. The lowest BCUT2D eigenvalue weighted by Gasteiger charge is -2.11. The molecular formula is C15H19NO4S. The van der Waals surface area contributed by atoms with Gasteiger partial charge in [0.25, 0.3) is 10.0 Å². The molecule has 0 aliphatic rings. The van der Waals surface area contributed by atoms with E-state index in [1.165, 1.54) is 0 Å². The second kappa shape index (κ2) is 5.54. The molecule has 2 aromatic rings. The molecule has 0 bridgehead atoms. The van der Waals surface area contributed by atoms with Crippen molar-refractivity contribution in [1.82, 2.24) is 0 Å². The van der Waals surface area contributed by atoms with Crippen LogP contribution in [0.4, 0.5) is 5.69 Å². The highest BCUT2D eigenvalue weighted by Gasteiger charge is 2.26. The van der Waals surface area contributed by atoms with Crippen LogP contribution in [-0.4, -0.2) is 13.5 Å². The van der Waals surface area contributed by atoms with E-state index in [-0.39, 0.29) is 17.3 Å². The summed E-state index contributed by atoms with van der Waals surface area (Å²) in [5.74, 6) is 0.685. The predicted molar refractivity (Wildman–Crippen MR) is 80.8 cm³/mol. The van der Waals surface area contributed by atoms with Crippen molar-refractivity contribution in [1.29, 1.82) is 0 Å². The van der Waals surface area contributed by atoms with Crippen molar-refractivity contribution in [2.24, 2.45) is 0 Å². The van der Waals surface area contributed by atoms with Gasteiger partial charge in [-0.2, -0.15) is 0 Å². The van der Waals surface area contributed by atoms with Gasteiger partial charge in [-0.05, 0) is 39.3 Å². The number of benzene rings is 1. The molecule has 0 aliphatic heterocycles. The molecule has 21 heavy (non-hydrogen) atoms. The van der Waals surface area contributed by atoms with E-state index >= 15 is 0 Å². The van der Waals surface area contributed by atoms with Gasteiger partial charge in [-0.1, -0.05) is 17.7 Å². The number of aliphatic hydroxyl groups excluding tert-OH is 1. The average molecular weight is 309 g/mol. The first-order chi connectivity index (χ1) is 9.76. The number of anilines is 1. The highest BCUT2D eigenvalue weighted by Crippen LogP contribution is 2.29. The van der Waals surface area contributed by atoms with Crippen LogP contribution in [0.15, 0.2) is 27.5 Å². The standard InChI is InChI=1S/C15H19NO4S/c1-9-5-6-14(10(2)7-9)16-21(18,19)15-12(4)20-11(3)13(15)8-17/h5-7,16-17H,8H2,1-4H3. The lowest BCUT2D eigenvalue weighted by Crippen LogP contribution is -2.16. The first-order valence-corrected chi connectivity index (χ1v) is 8.04. The maximum absolute atomic E-state index is 12.6. The van der Waals surface area contributed by atoms with E-state index in [1.807, 2.05) is 26.0 Å². The zero-order chi connectivity index (χ0) is 15.8. The Kier molecular flexibility index (Phi) is 4.11. The summed E-state index contributed by atoms with van der Waals surface area (Å²) in [7, 11) is -3.81. The molecule has 0 radical (unpaired) electrons. The molecule has 5 nitrogen and oxygen atoms in total. The van der Waals surface area contributed by atoms with Gasteiger partial charge in [-0.15, -0.1) is 0 Å². The predicted octanol–water partition coefficient (Wildman–Crippen LogP) is 2.81. The largest absolute Gasteiger partial charge is 0.465 e. The molecule has 1 aromatic carbocycles. The van der Waals surface area contributed by atoms with Crippen LogP contribution in [0.2, 0.25) is 0 Å². The van der Waals surface area contributed by atoms with Gasteiger partial charge in [0.05, 0.1) is 12.3 Å². The van der Waals surface area contributed by atoms with Crippen LogP contribution < -0.4 is 4.72 Å². The Hall–Kier alpha value is -1.79. The van der Waals surface area contributed by atoms with E-state index in [1.54, 1.807) is 19.9 Å². The summed E-state index contributed by atoms with van der Waals surface area (Å²) < 4.78 is 33.0. The van der Waals surface area contributed by atoms with Crippen molar-refractivity contribution in [3.63, 3.8) is 0 Å². The Bertz CT molecular complexity index is 775. The maximum Gasteiger partial charge on any atom is 0.265 e. The van der Waals surface area contributed by atoms with Crippen LogP contribution in [0.25, 0.3) is 0 Å². The van der Waals surface area contributed by atoms with Gasteiger partial charge in [0, 0.05) is 5.56 Å². The minimum atomic E-state index is -3.81. The lowest BCUT2D eigenvalue weighted by atomic mass is 10.1. The van der Waals surface area contributed by atoms with Crippen molar-refractivity contribution in [2.45, 2.75) is 39.2 Å². The van der Waals surface area contributed by atoms with Crippen LogP contribution >= 0.6 is 0 Å². The third kappa shape index (κ3) is 2.96. The summed E-state index contributed by atoms with van der Waals surface area (Å²) in [6.45, 7) is 6.60. The number of aliphatic hydroxyl groups is 1. The van der Waals surface area contributed by atoms with Crippen molar-refractivity contribution in [3.05, 3.63) is 46.4 Å². The van der Waals surface area contributed by atoms with Crippen molar-refractivity contribution < 1.29 is 17.9 Å². The van der Waals surface area contributed by atoms with E-state index < -0.39 is 10.0 Å². The summed E-state index contributed by atoms with van der Waals surface area (Å²) in [6.07, 6.45) is 0. The normalized spacial score (nSPS) is 11.7. The van der Waals surface area contributed by atoms with Crippen LogP contribution in [0.1, 0.15) is 28.2 Å². The Labute approximate surface area is 124 Å². The van der Waals surface area contributed by atoms with Crippen molar-refractivity contribution in [3.8, 4) is 0 Å². The number of sulfonamides is 1. The Morgan fingerprint density at radius 2 is 1.81 bits per heavy atom. The van der Waals surface area contributed by atoms with Gasteiger partial charge in [0.15, 0.2) is 0 Å². The third-order valence-electron chi connectivity index (χ3n) is 3.38.